The van der Waals surface area contributed by atoms with E-state index in [-0.39, 0.29) is 23.7 Å². The van der Waals surface area contributed by atoms with Gasteiger partial charge in [-0.1, -0.05) is 44.4 Å². The Balaban J connectivity index is 2.16. The lowest BCUT2D eigenvalue weighted by molar-refractivity contribution is -0.144. The molecule has 116 valence electrons. The maximum absolute atomic E-state index is 12.6. The third-order valence-electron chi connectivity index (χ3n) is 4.58. The molecule has 3 nitrogen and oxygen atoms in total. The van der Waals surface area contributed by atoms with Crippen LogP contribution in [0.4, 0.5) is 0 Å². The van der Waals surface area contributed by atoms with Crippen LogP contribution in [0, 0.1) is 11.8 Å². The molecule has 2 amide bonds. The van der Waals surface area contributed by atoms with Crippen molar-refractivity contribution >= 4 is 11.8 Å². The Morgan fingerprint density at radius 2 is 1.71 bits per heavy atom. The second-order valence-corrected chi connectivity index (χ2v) is 7.13. The van der Waals surface area contributed by atoms with E-state index in [1.54, 1.807) is 6.08 Å². The van der Waals surface area contributed by atoms with E-state index in [0.29, 0.717) is 0 Å². The molecule has 0 aromatic heterocycles. The molecule has 2 atom stereocenters. The van der Waals surface area contributed by atoms with Crippen molar-refractivity contribution in [2.45, 2.75) is 65.3 Å². The van der Waals surface area contributed by atoms with Gasteiger partial charge in [0.2, 0.25) is 11.8 Å². The number of fused-ring (bicyclic) bond motifs is 1. The fourth-order valence-electron chi connectivity index (χ4n) is 3.58. The zero-order chi connectivity index (χ0) is 15.8. The van der Waals surface area contributed by atoms with Crippen LogP contribution in [-0.2, 0) is 9.59 Å². The van der Waals surface area contributed by atoms with Crippen LogP contribution < -0.4 is 0 Å². The Hall–Kier alpha value is -1.38. The summed E-state index contributed by atoms with van der Waals surface area (Å²) in [5.41, 5.74) is 1.74. The van der Waals surface area contributed by atoms with Crippen molar-refractivity contribution in [3.05, 3.63) is 23.8 Å². The second-order valence-electron chi connectivity index (χ2n) is 7.13. The zero-order valence-corrected chi connectivity index (χ0v) is 13.7. The van der Waals surface area contributed by atoms with Crippen LogP contribution >= 0.6 is 0 Å². The largest absolute Gasteiger partial charge is 0.276 e. The molecule has 0 N–H and O–H groups in total. The molecule has 0 spiro atoms. The number of allylic oxidation sites excluding steroid dienone is 1. The summed E-state index contributed by atoms with van der Waals surface area (Å²) in [6.45, 7) is 11.8. The molecule has 2 aliphatic rings. The number of hydrogen-bond acceptors (Lipinski definition) is 2. The van der Waals surface area contributed by atoms with Crippen LogP contribution in [0.15, 0.2) is 23.8 Å². The average Bonchev–Trinajstić information content (AvgIpc) is 2.57. The highest BCUT2D eigenvalue weighted by molar-refractivity contribution is 6.11. The molecule has 1 heterocycles. The number of hydrogen-bond donors (Lipinski definition) is 0. The van der Waals surface area contributed by atoms with Gasteiger partial charge in [-0.15, -0.1) is 0 Å². The lowest BCUT2D eigenvalue weighted by Gasteiger charge is -2.32. The van der Waals surface area contributed by atoms with E-state index >= 15 is 0 Å². The van der Waals surface area contributed by atoms with Crippen LogP contribution in [-0.4, -0.2) is 22.3 Å². The highest BCUT2D eigenvalue weighted by atomic mass is 16.2. The Morgan fingerprint density at radius 3 is 2.24 bits per heavy atom. The minimum atomic E-state index is -0.439. The van der Waals surface area contributed by atoms with Crippen molar-refractivity contribution in [1.29, 1.82) is 0 Å². The maximum atomic E-state index is 12.6. The lowest BCUT2D eigenvalue weighted by Crippen LogP contribution is -2.45. The van der Waals surface area contributed by atoms with Crippen LogP contribution in [0.3, 0.4) is 0 Å². The quantitative estimate of drug-likeness (QED) is 0.550. The molecule has 0 bridgehead atoms. The number of amides is 2. The molecule has 0 aromatic rings. The van der Waals surface area contributed by atoms with Gasteiger partial charge >= 0.3 is 0 Å². The van der Waals surface area contributed by atoms with Gasteiger partial charge in [0.15, 0.2) is 0 Å². The van der Waals surface area contributed by atoms with Crippen LogP contribution in [0.2, 0.25) is 0 Å². The first-order valence-electron chi connectivity index (χ1n) is 8.07. The molecule has 0 aromatic carbocycles. The third-order valence-corrected chi connectivity index (χ3v) is 4.58. The first kappa shape index (κ1) is 16.0. The van der Waals surface area contributed by atoms with E-state index < -0.39 is 5.54 Å². The summed E-state index contributed by atoms with van der Waals surface area (Å²) in [6.07, 6.45) is 7.43. The van der Waals surface area contributed by atoms with Crippen LogP contribution in [0.5, 0.6) is 0 Å². The summed E-state index contributed by atoms with van der Waals surface area (Å²) >= 11 is 0. The number of unbranched alkanes of at least 4 members (excludes halogenated alkanes) is 3. The minimum Gasteiger partial charge on any atom is -0.276 e. The summed E-state index contributed by atoms with van der Waals surface area (Å²) in [6, 6.07) is 0. The van der Waals surface area contributed by atoms with E-state index in [4.69, 9.17) is 0 Å². The number of carbonyl (C=O) groups is 2. The summed E-state index contributed by atoms with van der Waals surface area (Å²) in [5.74, 6) is -0.500. The topological polar surface area (TPSA) is 37.4 Å². The molecule has 21 heavy (non-hydrogen) atoms. The highest BCUT2D eigenvalue weighted by Gasteiger charge is 2.58. The van der Waals surface area contributed by atoms with Gasteiger partial charge in [0.05, 0.1) is 11.8 Å². The molecule has 1 saturated heterocycles. The number of nitrogens with zero attached hydrogens (tertiary/aromatic N) is 1. The van der Waals surface area contributed by atoms with Gasteiger partial charge < -0.3 is 0 Å². The molecule has 1 aliphatic heterocycles. The van der Waals surface area contributed by atoms with Gasteiger partial charge in [0.25, 0.3) is 0 Å². The number of carbonyl (C=O) groups excluding carboxylic acids is 2. The van der Waals surface area contributed by atoms with Crippen molar-refractivity contribution in [2.75, 3.05) is 0 Å². The molecule has 2 rings (SSSR count). The summed E-state index contributed by atoms with van der Waals surface area (Å²) in [4.78, 5) is 26.6. The summed E-state index contributed by atoms with van der Waals surface area (Å²) in [5, 5.41) is 0. The van der Waals surface area contributed by atoms with E-state index in [9.17, 15) is 9.59 Å². The summed E-state index contributed by atoms with van der Waals surface area (Å²) in [7, 11) is 0. The lowest BCUT2D eigenvalue weighted by atomic mass is 9.67. The number of imide groups is 1. The zero-order valence-electron chi connectivity index (χ0n) is 13.7. The van der Waals surface area contributed by atoms with Crippen molar-refractivity contribution in [2.24, 2.45) is 11.8 Å². The van der Waals surface area contributed by atoms with Crippen molar-refractivity contribution < 1.29 is 9.59 Å². The van der Waals surface area contributed by atoms with Crippen LogP contribution in [0.25, 0.3) is 0 Å². The van der Waals surface area contributed by atoms with E-state index in [1.165, 1.54) is 24.2 Å². The molecule has 0 radical (unpaired) electrons. The highest BCUT2D eigenvalue weighted by Crippen LogP contribution is 2.51. The third kappa shape index (κ3) is 2.58. The first-order chi connectivity index (χ1) is 9.84. The minimum absolute atomic E-state index is 0.00593. The predicted octanol–water partition coefficient (Wildman–Crippen LogP) is 3.85. The monoisotopic (exact) mass is 289 g/mol. The standard InChI is InChI=1S/C18H27NO2/c1-6-8-9-10-11-13-12(7-2)14-15(13)17(21)19(16(14)20)18(3,4)5/h7,14-15H,2,6,8-11H2,1,3-5H3/t14-,15+/m1/s1. The van der Waals surface area contributed by atoms with E-state index in [1.807, 2.05) is 20.8 Å². The van der Waals surface area contributed by atoms with Gasteiger partial charge in [0.1, 0.15) is 0 Å². The maximum Gasteiger partial charge on any atom is 0.238 e. The Morgan fingerprint density at radius 1 is 1.10 bits per heavy atom. The van der Waals surface area contributed by atoms with Gasteiger partial charge in [0, 0.05) is 5.54 Å². The van der Waals surface area contributed by atoms with Crippen molar-refractivity contribution in [3.8, 4) is 0 Å². The van der Waals surface area contributed by atoms with Crippen molar-refractivity contribution in [1.82, 2.24) is 4.90 Å². The predicted molar refractivity (Wildman–Crippen MR) is 84.6 cm³/mol. The van der Waals surface area contributed by atoms with Crippen LogP contribution in [0.1, 0.15) is 59.8 Å². The van der Waals surface area contributed by atoms with E-state index in [2.05, 4.69) is 13.5 Å². The molecule has 0 saturated carbocycles. The van der Waals surface area contributed by atoms with Crippen molar-refractivity contribution in [3.63, 3.8) is 0 Å². The van der Waals surface area contributed by atoms with Gasteiger partial charge in [-0.25, -0.2) is 0 Å². The Bertz CT molecular complexity index is 496. The van der Waals surface area contributed by atoms with Gasteiger partial charge in [-0.05, 0) is 39.2 Å². The van der Waals surface area contributed by atoms with E-state index in [0.717, 1.165) is 24.0 Å². The summed E-state index contributed by atoms with van der Waals surface area (Å²) < 4.78 is 0. The van der Waals surface area contributed by atoms with Gasteiger partial charge in [-0.3, -0.25) is 14.5 Å². The molecule has 1 aliphatic carbocycles. The molecule has 0 unspecified atom stereocenters. The SMILES string of the molecule is C=CC1=C(CCCCCC)[C@@H]2C(=O)N(C(C)(C)C)C(=O)[C@H]12. The fourth-order valence-corrected chi connectivity index (χ4v) is 3.58. The normalized spacial score (nSPS) is 25.2. The Labute approximate surface area is 128 Å². The molecule has 3 heteroatoms. The number of likely N-dealkylation sites (tertiary alicyclic amines) is 1. The Kier molecular flexibility index (Phi) is 4.40. The first-order valence-corrected chi connectivity index (χ1v) is 8.07. The molecule has 1 fully saturated rings. The molecular formula is C18H27NO2. The fraction of sp³-hybridized carbons (Fsp3) is 0.667. The second kappa shape index (κ2) is 5.78. The van der Waals surface area contributed by atoms with Gasteiger partial charge in [-0.2, -0.15) is 0 Å². The number of rotatable bonds is 6. The average molecular weight is 289 g/mol. The molecular weight excluding hydrogens is 262 g/mol. The smallest absolute Gasteiger partial charge is 0.238 e.